The third-order valence-electron chi connectivity index (χ3n) is 4.80. The molecule has 3 aromatic carbocycles. The fourth-order valence-corrected chi connectivity index (χ4v) is 4.05. The van der Waals surface area contributed by atoms with Gasteiger partial charge >= 0.3 is 0 Å². The molecule has 1 N–H and O–H groups in total. The van der Waals surface area contributed by atoms with E-state index in [0.717, 1.165) is 33.6 Å². The number of nitrogens with zero attached hydrogens (tertiary/aromatic N) is 3. The first-order chi connectivity index (χ1) is 14.3. The molecule has 142 valence electrons. The van der Waals surface area contributed by atoms with E-state index in [-0.39, 0.29) is 0 Å². The number of methoxy groups -OCH3 is 1. The van der Waals surface area contributed by atoms with Gasteiger partial charge in [0.2, 0.25) is 5.16 Å². The Hall–Kier alpha value is -3.51. The minimum absolute atomic E-state index is 0.719. The van der Waals surface area contributed by atoms with Crippen molar-refractivity contribution < 1.29 is 4.74 Å². The predicted molar refractivity (Wildman–Crippen MR) is 117 cm³/mol. The quantitative estimate of drug-likeness (QED) is 0.508. The minimum atomic E-state index is 0.719. The van der Waals surface area contributed by atoms with Gasteiger partial charge in [-0.1, -0.05) is 78.5 Å². The van der Waals surface area contributed by atoms with Crippen LogP contribution in [0.4, 0.5) is 0 Å². The molecule has 0 spiro atoms. The van der Waals surface area contributed by atoms with Gasteiger partial charge in [0.25, 0.3) is 0 Å². The zero-order valence-corrected chi connectivity index (χ0v) is 16.6. The Balaban J connectivity index is 1.45. The molecule has 0 fully saturated rings. The molecule has 5 nitrogen and oxygen atoms in total. The minimum Gasteiger partial charge on any atom is -0.496 e. The van der Waals surface area contributed by atoms with Crippen LogP contribution in [0.15, 0.2) is 89.4 Å². The monoisotopic (exact) mass is 398 g/mol. The number of hydrogen-bond donors (Lipinski definition) is 1. The van der Waals surface area contributed by atoms with E-state index in [0.29, 0.717) is 0 Å². The summed E-state index contributed by atoms with van der Waals surface area (Å²) >= 11 is 1.55. The van der Waals surface area contributed by atoms with Gasteiger partial charge < -0.3 is 4.74 Å². The maximum absolute atomic E-state index is 5.50. The lowest BCUT2D eigenvalue weighted by Crippen LogP contribution is -2.18. The third-order valence-corrected chi connectivity index (χ3v) is 5.63. The van der Waals surface area contributed by atoms with Gasteiger partial charge in [-0.15, -0.1) is 10.2 Å². The first-order valence-electron chi connectivity index (χ1n) is 9.22. The lowest BCUT2D eigenvalue weighted by atomic mass is 10.0. The SMILES string of the molecule is COc1ccccc1-c1nnc2n1NC(c1ccc(-c3ccccc3)cc1)=CS2. The molecule has 6 heteroatoms. The maximum atomic E-state index is 5.50. The number of benzene rings is 3. The van der Waals surface area contributed by atoms with E-state index < -0.39 is 0 Å². The number of rotatable bonds is 4. The number of fused-ring (bicyclic) bond motifs is 1. The van der Waals surface area contributed by atoms with Crippen molar-refractivity contribution >= 4 is 17.5 Å². The van der Waals surface area contributed by atoms with E-state index in [1.165, 1.54) is 11.1 Å². The van der Waals surface area contributed by atoms with Gasteiger partial charge in [-0.25, -0.2) is 4.68 Å². The maximum Gasteiger partial charge on any atom is 0.214 e. The second-order valence-corrected chi connectivity index (χ2v) is 7.38. The number of nitrogens with one attached hydrogen (secondary N) is 1. The van der Waals surface area contributed by atoms with Crippen LogP contribution in [-0.2, 0) is 0 Å². The fraction of sp³-hybridized carbons (Fsp3) is 0.0435. The lowest BCUT2D eigenvalue weighted by Gasteiger charge is -2.20. The summed E-state index contributed by atoms with van der Waals surface area (Å²) in [6.45, 7) is 0. The van der Waals surface area contributed by atoms with Gasteiger partial charge in [-0.3, -0.25) is 5.43 Å². The van der Waals surface area contributed by atoms with Crippen molar-refractivity contribution in [2.45, 2.75) is 5.16 Å². The molecule has 0 saturated heterocycles. The molecule has 0 atom stereocenters. The first-order valence-corrected chi connectivity index (χ1v) is 10.1. The molecule has 5 rings (SSSR count). The van der Waals surface area contributed by atoms with Crippen LogP contribution in [0.2, 0.25) is 0 Å². The van der Waals surface area contributed by atoms with Crippen molar-refractivity contribution in [1.82, 2.24) is 14.9 Å². The van der Waals surface area contributed by atoms with E-state index in [4.69, 9.17) is 4.74 Å². The van der Waals surface area contributed by atoms with Crippen molar-refractivity contribution in [3.8, 4) is 28.3 Å². The highest BCUT2D eigenvalue weighted by Gasteiger charge is 2.21. The number of hydrogen-bond acceptors (Lipinski definition) is 5. The van der Waals surface area contributed by atoms with Crippen LogP contribution in [0.25, 0.3) is 28.2 Å². The van der Waals surface area contributed by atoms with Crippen LogP contribution in [0.3, 0.4) is 0 Å². The molecule has 1 aromatic heterocycles. The molecule has 0 unspecified atom stereocenters. The Morgan fingerprint density at radius 1 is 0.793 bits per heavy atom. The molecular weight excluding hydrogens is 380 g/mol. The highest BCUT2D eigenvalue weighted by atomic mass is 32.2. The highest BCUT2D eigenvalue weighted by molar-refractivity contribution is 8.02. The normalized spacial score (nSPS) is 12.7. The molecule has 2 heterocycles. The van der Waals surface area contributed by atoms with E-state index in [1.807, 2.05) is 35.0 Å². The number of para-hydroxylation sites is 1. The van der Waals surface area contributed by atoms with Crippen LogP contribution < -0.4 is 10.2 Å². The summed E-state index contributed by atoms with van der Waals surface area (Å²) in [4.78, 5) is 0. The van der Waals surface area contributed by atoms with Crippen LogP contribution >= 0.6 is 11.8 Å². The van der Waals surface area contributed by atoms with Crippen LogP contribution in [0, 0.1) is 0 Å². The highest BCUT2D eigenvalue weighted by Crippen LogP contribution is 2.34. The summed E-state index contributed by atoms with van der Waals surface area (Å²) in [5, 5.41) is 11.5. The first kappa shape index (κ1) is 17.6. The van der Waals surface area contributed by atoms with Crippen molar-refractivity contribution in [3.63, 3.8) is 0 Å². The smallest absolute Gasteiger partial charge is 0.214 e. The standard InChI is InChI=1S/C23H18N4OS/c1-28-21-10-6-5-9-19(21)22-24-25-23-27(22)26-20(15-29-23)18-13-11-17(12-14-18)16-7-3-2-4-8-16/h2-15,26H,1H3. The molecule has 29 heavy (non-hydrogen) atoms. The zero-order valence-electron chi connectivity index (χ0n) is 15.7. The Morgan fingerprint density at radius 2 is 1.48 bits per heavy atom. The zero-order chi connectivity index (χ0) is 19.6. The second kappa shape index (κ2) is 7.48. The number of ether oxygens (including phenoxy) is 1. The van der Waals surface area contributed by atoms with E-state index >= 15 is 0 Å². The summed E-state index contributed by atoms with van der Waals surface area (Å²) in [5.41, 5.74) is 8.84. The fourth-order valence-electron chi connectivity index (χ4n) is 3.31. The predicted octanol–water partition coefficient (Wildman–Crippen LogP) is 5.27. The average Bonchev–Trinajstić information content (AvgIpc) is 3.23. The van der Waals surface area contributed by atoms with Crippen molar-refractivity contribution in [2.24, 2.45) is 0 Å². The van der Waals surface area contributed by atoms with Crippen LogP contribution in [0.5, 0.6) is 5.75 Å². The van der Waals surface area contributed by atoms with Gasteiger partial charge in [0.1, 0.15) is 5.75 Å². The lowest BCUT2D eigenvalue weighted by molar-refractivity contribution is 0.416. The summed E-state index contributed by atoms with van der Waals surface area (Å²) in [7, 11) is 1.66. The summed E-state index contributed by atoms with van der Waals surface area (Å²) in [6.07, 6.45) is 0. The number of aromatic nitrogens is 3. The molecule has 4 aromatic rings. The van der Waals surface area contributed by atoms with Crippen molar-refractivity contribution in [3.05, 3.63) is 89.8 Å². The average molecular weight is 398 g/mol. The number of thioether (sulfide) groups is 1. The molecule has 0 amide bonds. The van der Waals surface area contributed by atoms with E-state index in [9.17, 15) is 0 Å². The molecule has 0 bridgehead atoms. The summed E-state index contributed by atoms with van der Waals surface area (Å²) < 4.78 is 7.40. The Kier molecular flexibility index (Phi) is 4.54. The Labute approximate surface area is 173 Å². The van der Waals surface area contributed by atoms with Gasteiger partial charge in [0.15, 0.2) is 5.82 Å². The topological polar surface area (TPSA) is 52.0 Å². The van der Waals surface area contributed by atoms with Crippen molar-refractivity contribution in [1.29, 1.82) is 0 Å². The molecule has 0 aliphatic carbocycles. The van der Waals surface area contributed by atoms with Gasteiger partial charge in [0, 0.05) is 5.41 Å². The second-order valence-electron chi connectivity index (χ2n) is 6.55. The van der Waals surface area contributed by atoms with Gasteiger partial charge in [0.05, 0.1) is 18.4 Å². The summed E-state index contributed by atoms with van der Waals surface area (Å²) in [5.74, 6) is 1.48. The van der Waals surface area contributed by atoms with E-state index in [1.54, 1.807) is 18.9 Å². The van der Waals surface area contributed by atoms with E-state index in [2.05, 4.69) is 69.6 Å². The van der Waals surface area contributed by atoms with Crippen LogP contribution in [0.1, 0.15) is 5.56 Å². The van der Waals surface area contributed by atoms with Gasteiger partial charge in [-0.05, 0) is 28.8 Å². The van der Waals surface area contributed by atoms with Crippen LogP contribution in [-0.4, -0.2) is 22.0 Å². The summed E-state index contributed by atoms with van der Waals surface area (Å²) in [6, 6.07) is 26.7. The molecule has 0 saturated carbocycles. The largest absolute Gasteiger partial charge is 0.496 e. The molecule has 0 radical (unpaired) electrons. The van der Waals surface area contributed by atoms with Crippen molar-refractivity contribution in [2.75, 3.05) is 12.5 Å². The Bertz CT molecular complexity index is 1180. The molecular formula is C23H18N4OS. The third kappa shape index (κ3) is 3.28. The van der Waals surface area contributed by atoms with Gasteiger partial charge in [-0.2, -0.15) is 0 Å². The molecule has 1 aliphatic heterocycles. The molecule has 1 aliphatic rings. The Morgan fingerprint density at radius 3 is 2.28 bits per heavy atom.